The second-order valence-electron chi connectivity index (χ2n) is 1.92. The number of nitrogens with one attached hydrogen (secondary N) is 1. The maximum absolute atomic E-state index is 10.1. The van der Waals surface area contributed by atoms with Crippen LogP contribution in [0.3, 0.4) is 0 Å². The Morgan fingerprint density at radius 2 is 1.45 bits per heavy atom. The highest BCUT2D eigenvalue weighted by molar-refractivity contribution is 6.01. The Morgan fingerprint density at radius 1 is 1.09 bits per heavy atom. The first-order valence-corrected chi connectivity index (χ1v) is 3.25. The van der Waals surface area contributed by atoms with Crippen molar-refractivity contribution in [2.24, 2.45) is 0 Å². The van der Waals surface area contributed by atoms with Crippen LogP contribution in [0.1, 0.15) is 12.8 Å². The van der Waals surface area contributed by atoms with Crippen molar-refractivity contribution < 1.29 is 19.8 Å². The monoisotopic (exact) mass is 161 g/mol. The molecule has 1 heterocycles. The topological polar surface area (TPSA) is 86.6 Å². The summed E-state index contributed by atoms with van der Waals surface area (Å²) >= 11 is 0. The standard InChI is InChI=1S/C4H5NO2.C2H6O2/c6-3-1-2-4(7)5-3;3-1-2-4/h1-2H2,(H,5,6,7);3-4H,1-2H2. The fourth-order valence-electron chi connectivity index (χ4n) is 0.508. The van der Waals surface area contributed by atoms with E-state index < -0.39 is 0 Å². The van der Waals surface area contributed by atoms with Gasteiger partial charge >= 0.3 is 0 Å². The van der Waals surface area contributed by atoms with Gasteiger partial charge in [0.1, 0.15) is 0 Å². The highest BCUT2D eigenvalue weighted by atomic mass is 16.3. The van der Waals surface area contributed by atoms with Crippen molar-refractivity contribution >= 4 is 11.8 Å². The molecule has 0 spiro atoms. The molecule has 5 nitrogen and oxygen atoms in total. The molecule has 0 bridgehead atoms. The lowest BCUT2D eigenvalue weighted by Gasteiger charge is -1.79. The quantitative estimate of drug-likeness (QED) is 0.404. The van der Waals surface area contributed by atoms with Crippen molar-refractivity contribution in [2.75, 3.05) is 13.2 Å². The van der Waals surface area contributed by atoms with Gasteiger partial charge in [-0.2, -0.15) is 0 Å². The van der Waals surface area contributed by atoms with Gasteiger partial charge in [0.05, 0.1) is 13.2 Å². The Balaban J connectivity index is 0.000000218. The van der Waals surface area contributed by atoms with Crippen LogP contribution in [-0.4, -0.2) is 35.2 Å². The maximum Gasteiger partial charge on any atom is 0.227 e. The highest BCUT2D eigenvalue weighted by Crippen LogP contribution is 1.95. The second kappa shape index (κ2) is 5.82. The third kappa shape index (κ3) is 5.50. The van der Waals surface area contributed by atoms with E-state index in [1.807, 2.05) is 0 Å². The minimum atomic E-state index is -0.148. The van der Waals surface area contributed by atoms with Crippen LogP contribution in [0.25, 0.3) is 0 Å². The SMILES string of the molecule is O=C1CCC(=O)N1.OCCO. The number of carbonyl (C=O) groups excluding carboxylic acids is 2. The van der Waals surface area contributed by atoms with Crippen molar-refractivity contribution in [3.8, 4) is 0 Å². The average Bonchev–Trinajstić information content (AvgIpc) is 2.35. The van der Waals surface area contributed by atoms with Crippen LogP contribution < -0.4 is 5.32 Å². The summed E-state index contributed by atoms with van der Waals surface area (Å²) in [5.74, 6) is -0.296. The molecule has 3 N–H and O–H groups in total. The van der Waals surface area contributed by atoms with E-state index in [2.05, 4.69) is 5.32 Å². The van der Waals surface area contributed by atoms with Crippen LogP contribution in [0.15, 0.2) is 0 Å². The Morgan fingerprint density at radius 3 is 1.55 bits per heavy atom. The van der Waals surface area contributed by atoms with E-state index in [1.54, 1.807) is 0 Å². The van der Waals surface area contributed by atoms with Gasteiger partial charge in [-0.05, 0) is 0 Å². The third-order valence-electron chi connectivity index (χ3n) is 0.958. The van der Waals surface area contributed by atoms with E-state index in [1.165, 1.54) is 0 Å². The molecule has 0 atom stereocenters. The molecule has 0 aromatic carbocycles. The number of hydrogen-bond acceptors (Lipinski definition) is 4. The summed E-state index contributed by atoms with van der Waals surface area (Å²) in [5.41, 5.74) is 0. The van der Waals surface area contributed by atoms with Gasteiger partial charge in [0, 0.05) is 12.8 Å². The molecule has 0 unspecified atom stereocenters. The van der Waals surface area contributed by atoms with E-state index in [0.29, 0.717) is 12.8 Å². The molecule has 64 valence electrons. The van der Waals surface area contributed by atoms with Crippen LogP contribution in [-0.2, 0) is 9.59 Å². The van der Waals surface area contributed by atoms with Crippen LogP contribution in [0, 0.1) is 0 Å². The van der Waals surface area contributed by atoms with Crippen molar-refractivity contribution in [3.63, 3.8) is 0 Å². The predicted molar refractivity (Wildman–Crippen MR) is 36.6 cm³/mol. The van der Waals surface area contributed by atoms with Crippen molar-refractivity contribution in [2.45, 2.75) is 12.8 Å². The van der Waals surface area contributed by atoms with Gasteiger partial charge in [0.25, 0.3) is 0 Å². The summed E-state index contributed by atoms with van der Waals surface area (Å²) < 4.78 is 0. The van der Waals surface area contributed by atoms with Crippen LogP contribution in [0.2, 0.25) is 0 Å². The first-order valence-electron chi connectivity index (χ1n) is 3.25. The molecule has 2 amide bonds. The molecule has 0 aromatic rings. The molecule has 0 radical (unpaired) electrons. The summed E-state index contributed by atoms with van der Waals surface area (Å²) in [7, 11) is 0. The fourth-order valence-corrected chi connectivity index (χ4v) is 0.508. The van der Waals surface area contributed by atoms with E-state index in [4.69, 9.17) is 10.2 Å². The summed E-state index contributed by atoms with van der Waals surface area (Å²) in [6, 6.07) is 0. The molecule has 1 fully saturated rings. The zero-order chi connectivity index (χ0) is 8.69. The predicted octanol–water partition coefficient (Wildman–Crippen LogP) is -1.61. The Labute approximate surface area is 64.0 Å². The van der Waals surface area contributed by atoms with E-state index in [-0.39, 0.29) is 25.0 Å². The first kappa shape index (κ1) is 10.1. The third-order valence-corrected chi connectivity index (χ3v) is 0.958. The lowest BCUT2D eigenvalue weighted by Crippen LogP contribution is -2.18. The minimum absolute atomic E-state index is 0.125. The molecule has 0 aromatic heterocycles. The van der Waals surface area contributed by atoms with E-state index in [0.717, 1.165) is 0 Å². The molecular formula is C6H11NO4. The highest BCUT2D eigenvalue weighted by Gasteiger charge is 2.15. The second-order valence-corrected chi connectivity index (χ2v) is 1.92. The Kier molecular flexibility index (Phi) is 5.32. The molecule has 11 heavy (non-hydrogen) atoms. The normalized spacial score (nSPS) is 15.5. The Hall–Kier alpha value is -0.940. The van der Waals surface area contributed by atoms with Gasteiger partial charge in [0.2, 0.25) is 11.8 Å². The summed E-state index contributed by atoms with van der Waals surface area (Å²) in [5, 5.41) is 17.4. The van der Waals surface area contributed by atoms with Crippen LogP contribution in [0.4, 0.5) is 0 Å². The minimum Gasteiger partial charge on any atom is -0.394 e. The maximum atomic E-state index is 10.1. The molecule has 1 saturated heterocycles. The van der Waals surface area contributed by atoms with Crippen LogP contribution >= 0.6 is 0 Å². The number of aliphatic hydroxyl groups excluding tert-OH is 2. The zero-order valence-corrected chi connectivity index (χ0v) is 6.04. The number of aliphatic hydroxyl groups is 2. The van der Waals surface area contributed by atoms with Gasteiger partial charge < -0.3 is 10.2 Å². The summed E-state index contributed by atoms with van der Waals surface area (Å²) in [6.07, 6.45) is 0.748. The lowest BCUT2D eigenvalue weighted by atomic mass is 10.4. The van der Waals surface area contributed by atoms with Gasteiger partial charge in [0.15, 0.2) is 0 Å². The first-order chi connectivity index (χ1) is 5.20. The lowest BCUT2D eigenvalue weighted by molar-refractivity contribution is -0.124. The molecular weight excluding hydrogens is 150 g/mol. The molecule has 1 aliphatic rings. The molecule has 1 rings (SSSR count). The van der Waals surface area contributed by atoms with Gasteiger partial charge in [-0.1, -0.05) is 0 Å². The largest absolute Gasteiger partial charge is 0.394 e. The number of rotatable bonds is 1. The smallest absolute Gasteiger partial charge is 0.227 e. The average molecular weight is 161 g/mol. The number of amides is 2. The summed E-state index contributed by atoms with van der Waals surface area (Å²) in [4.78, 5) is 20.2. The summed E-state index contributed by atoms with van der Waals surface area (Å²) in [6.45, 7) is -0.250. The molecule has 5 heteroatoms. The number of imide groups is 1. The fraction of sp³-hybridized carbons (Fsp3) is 0.667. The van der Waals surface area contributed by atoms with E-state index in [9.17, 15) is 9.59 Å². The molecule has 0 saturated carbocycles. The molecule has 0 aliphatic carbocycles. The molecule has 1 aliphatic heterocycles. The van der Waals surface area contributed by atoms with Crippen molar-refractivity contribution in [1.29, 1.82) is 0 Å². The van der Waals surface area contributed by atoms with Crippen molar-refractivity contribution in [3.05, 3.63) is 0 Å². The van der Waals surface area contributed by atoms with E-state index >= 15 is 0 Å². The van der Waals surface area contributed by atoms with Gasteiger partial charge in [-0.3, -0.25) is 14.9 Å². The van der Waals surface area contributed by atoms with Crippen molar-refractivity contribution in [1.82, 2.24) is 5.32 Å². The Bertz CT molecular complexity index is 130. The van der Waals surface area contributed by atoms with Gasteiger partial charge in [-0.25, -0.2) is 0 Å². The number of carbonyl (C=O) groups is 2. The number of hydrogen-bond donors (Lipinski definition) is 3. The zero-order valence-electron chi connectivity index (χ0n) is 6.04. The van der Waals surface area contributed by atoms with Gasteiger partial charge in [-0.15, -0.1) is 0 Å². The van der Waals surface area contributed by atoms with Crippen LogP contribution in [0.5, 0.6) is 0 Å².